The van der Waals surface area contributed by atoms with Gasteiger partial charge in [0.05, 0.1) is 0 Å². The third kappa shape index (κ3) is 4.16. The van der Waals surface area contributed by atoms with E-state index in [-0.39, 0.29) is 5.41 Å². The fourth-order valence-electron chi connectivity index (χ4n) is 0.900. The zero-order chi connectivity index (χ0) is 10.6. The van der Waals surface area contributed by atoms with Crippen LogP contribution in [0.3, 0.4) is 0 Å². The highest BCUT2D eigenvalue weighted by Gasteiger charge is 2.12. The van der Waals surface area contributed by atoms with Crippen molar-refractivity contribution in [1.82, 2.24) is 5.32 Å². The molecule has 0 aromatic carbocycles. The van der Waals surface area contributed by atoms with Crippen molar-refractivity contribution < 1.29 is 0 Å². The summed E-state index contributed by atoms with van der Waals surface area (Å²) < 4.78 is 0. The van der Waals surface area contributed by atoms with Gasteiger partial charge in [0, 0.05) is 12.7 Å². The molecule has 0 aliphatic carbocycles. The highest BCUT2D eigenvalue weighted by molar-refractivity contribution is 5.27. The first kappa shape index (κ1) is 12.3. The Hall–Kier alpha value is -0.720. The number of rotatable bonds is 2. The molecule has 13 heavy (non-hydrogen) atoms. The Labute approximate surface area is 82.9 Å². The zero-order valence-corrected chi connectivity index (χ0v) is 10.1. The Kier molecular flexibility index (Phi) is 4.25. The number of likely N-dealkylation sites (N-methyl/N-ethyl adjacent to an activating group) is 1. The van der Waals surface area contributed by atoms with Gasteiger partial charge in [0.2, 0.25) is 0 Å². The van der Waals surface area contributed by atoms with E-state index >= 15 is 0 Å². The van der Waals surface area contributed by atoms with Crippen molar-refractivity contribution >= 4 is 0 Å². The second kappa shape index (κ2) is 4.50. The number of nitrogens with one attached hydrogen (secondary N) is 1. The monoisotopic (exact) mass is 181 g/mol. The third-order valence-electron chi connectivity index (χ3n) is 2.35. The van der Waals surface area contributed by atoms with Crippen LogP contribution >= 0.6 is 0 Å². The van der Waals surface area contributed by atoms with Crippen LogP contribution in [0.5, 0.6) is 0 Å². The minimum absolute atomic E-state index is 0.261. The van der Waals surface area contributed by atoms with Crippen molar-refractivity contribution in [2.45, 2.75) is 41.5 Å². The van der Waals surface area contributed by atoms with E-state index < -0.39 is 0 Å². The molecule has 0 bridgehead atoms. The first-order valence-corrected chi connectivity index (χ1v) is 4.83. The van der Waals surface area contributed by atoms with Gasteiger partial charge in [0.1, 0.15) is 0 Å². The summed E-state index contributed by atoms with van der Waals surface area (Å²) in [5.41, 5.74) is 4.22. The molecule has 0 aromatic rings. The standard InChI is InChI=1S/C12H23N/c1-9(2)11(13-7)8-10(3)12(4,5)6/h8,13H,1-7H3/b10-8+. The largest absolute Gasteiger partial charge is 0.388 e. The predicted octanol–water partition coefficient (Wildman–Crippen LogP) is 3.49. The van der Waals surface area contributed by atoms with E-state index in [2.05, 4.69) is 52.9 Å². The van der Waals surface area contributed by atoms with Gasteiger partial charge in [-0.25, -0.2) is 0 Å². The van der Waals surface area contributed by atoms with Crippen molar-refractivity contribution in [3.05, 3.63) is 22.9 Å². The molecule has 0 spiro atoms. The maximum Gasteiger partial charge on any atom is 0.0323 e. The van der Waals surface area contributed by atoms with Crippen molar-refractivity contribution in [3.63, 3.8) is 0 Å². The van der Waals surface area contributed by atoms with E-state index in [1.165, 1.54) is 16.8 Å². The van der Waals surface area contributed by atoms with Gasteiger partial charge < -0.3 is 5.32 Å². The van der Waals surface area contributed by atoms with Gasteiger partial charge >= 0.3 is 0 Å². The van der Waals surface area contributed by atoms with Crippen LogP contribution in [-0.2, 0) is 0 Å². The Balaban J connectivity index is 4.85. The maximum absolute atomic E-state index is 3.21. The van der Waals surface area contributed by atoms with Crippen LogP contribution < -0.4 is 5.32 Å². The van der Waals surface area contributed by atoms with Gasteiger partial charge in [0.15, 0.2) is 0 Å². The summed E-state index contributed by atoms with van der Waals surface area (Å²) in [7, 11) is 1.97. The molecule has 1 nitrogen and oxygen atoms in total. The molecule has 0 rings (SSSR count). The van der Waals surface area contributed by atoms with E-state index in [0.29, 0.717) is 0 Å². The van der Waals surface area contributed by atoms with Gasteiger partial charge in [0.25, 0.3) is 0 Å². The van der Waals surface area contributed by atoms with Crippen LogP contribution in [-0.4, -0.2) is 7.05 Å². The van der Waals surface area contributed by atoms with E-state index in [9.17, 15) is 0 Å². The first-order chi connectivity index (χ1) is 5.79. The summed E-state index contributed by atoms with van der Waals surface area (Å²) in [6, 6.07) is 0. The Bertz CT molecular complexity index is 222. The predicted molar refractivity (Wildman–Crippen MR) is 60.6 cm³/mol. The molecule has 0 unspecified atom stereocenters. The van der Waals surface area contributed by atoms with Crippen LogP contribution in [0.25, 0.3) is 0 Å². The lowest BCUT2D eigenvalue weighted by Crippen LogP contribution is -2.11. The number of hydrogen-bond donors (Lipinski definition) is 1. The van der Waals surface area contributed by atoms with Crippen molar-refractivity contribution in [2.75, 3.05) is 7.05 Å². The molecule has 0 aliphatic rings. The maximum atomic E-state index is 3.21. The molecule has 76 valence electrons. The van der Waals surface area contributed by atoms with E-state index in [0.717, 1.165) is 0 Å². The first-order valence-electron chi connectivity index (χ1n) is 4.83. The number of allylic oxidation sites excluding steroid dienone is 3. The summed E-state index contributed by atoms with van der Waals surface area (Å²) in [5, 5.41) is 3.21. The Morgan fingerprint density at radius 1 is 1.08 bits per heavy atom. The molecule has 0 radical (unpaired) electrons. The van der Waals surface area contributed by atoms with Crippen LogP contribution in [0, 0.1) is 5.41 Å². The molecule has 1 heteroatoms. The Morgan fingerprint density at radius 2 is 1.54 bits per heavy atom. The molecular formula is C12H23N. The fourth-order valence-corrected chi connectivity index (χ4v) is 0.900. The molecule has 0 saturated carbocycles. The molecule has 0 fully saturated rings. The summed E-state index contributed by atoms with van der Waals surface area (Å²) >= 11 is 0. The van der Waals surface area contributed by atoms with E-state index in [4.69, 9.17) is 0 Å². The zero-order valence-electron chi connectivity index (χ0n) is 10.1. The lowest BCUT2D eigenvalue weighted by molar-refractivity contribution is 0.503. The quantitative estimate of drug-likeness (QED) is 0.643. The number of hydrogen-bond acceptors (Lipinski definition) is 1. The second-order valence-corrected chi connectivity index (χ2v) is 4.74. The van der Waals surface area contributed by atoms with Crippen LogP contribution in [0.4, 0.5) is 0 Å². The van der Waals surface area contributed by atoms with Crippen LogP contribution in [0.1, 0.15) is 41.5 Å². The second-order valence-electron chi connectivity index (χ2n) is 4.74. The summed E-state index contributed by atoms with van der Waals surface area (Å²) in [5.74, 6) is 0. The van der Waals surface area contributed by atoms with E-state index in [1.54, 1.807) is 0 Å². The topological polar surface area (TPSA) is 12.0 Å². The van der Waals surface area contributed by atoms with E-state index in [1.807, 2.05) is 7.05 Å². The van der Waals surface area contributed by atoms with Crippen LogP contribution in [0.2, 0.25) is 0 Å². The minimum Gasteiger partial charge on any atom is -0.388 e. The van der Waals surface area contributed by atoms with Gasteiger partial charge in [-0.3, -0.25) is 0 Å². The highest BCUT2D eigenvalue weighted by atomic mass is 14.8. The molecule has 0 atom stereocenters. The van der Waals surface area contributed by atoms with Crippen molar-refractivity contribution in [2.24, 2.45) is 5.41 Å². The highest BCUT2D eigenvalue weighted by Crippen LogP contribution is 2.25. The average Bonchev–Trinajstić information content (AvgIpc) is 1.96. The van der Waals surface area contributed by atoms with Gasteiger partial charge in [-0.05, 0) is 32.3 Å². The van der Waals surface area contributed by atoms with Gasteiger partial charge in [-0.15, -0.1) is 0 Å². The summed E-state index contributed by atoms with van der Waals surface area (Å²) in [6.45, 7) is 13.1. The SMILES string of the molecule is CNC(/C=C(\C)C(C)(C)C)=C(C)C. The molecule has 0 aliphatic heterocycles. The molecule has 1 N–H and O–H groups in total. The Morgan fingerprint density at radius 3 is 1.77 bits per heavy atom. The average molecular weight is 181 g/mol. The third-order valence-corrected chi connectivity index (χ3v) is 2.35. The summed E-state index contributed by atoms with van der Waals surface area (Å²) in [4.78, 5) is 0. The van der Waals surface area contributed by atoms with Crippen LogP contribution in [0.15, 0.2) is 22.9 Å². The molecular weight excluding hydrogens is 158 g/mol. The van der Waals surface area contributed by atoms with Crippen molar-refractivity contribution in [1.29, 1.82) is 0 Å². The van der Waals surface area contributed by atoms with Crippen molar-refractivity contribution in [3.8, 4) is 0 Å². The molecule has 0 heterocycles. The smallest absolute Gasteiger partial charge is 0.0323 e. The lowest BCUT2D eigenvalue weighted by Gasteiger charge is -2.20. The lowest BCUT2D eigenvalue weighted by atomic mass is 9.87. The normalized spacial score (nSPS) is 12.7. The molecule has 0 aromatic heterocycles. The minimum atomic E-state index is 0.261. The summed E-state index contributed by atoms with van der Waals surface area (Å²) in [6.07, 6.45) is 2.23. The molecule has 0 amide bonds. The van der Waals surface area contributed by atoms with Gasteiger partial charge in [-0.2, -0.15) is 0 Å². The van der Waals surface area contributed by atoms with Gasteiger partial charge in [-0.1, -0.05) is 31.9 Å². The molecule has 0 saturated heterocycles. The fraction of sp³-hybridized carbons (Fsp3) is 0.667.